The number of likely N-dealkylation sites (tertiary alicyclic amines) is 1. The molecule has 0 aliphatic carbocycles. The van der Waals surface area contributed by atoms with E-state index >= 15 is 0 Å². The number of nitrogens with zero attached hydrogens (tertiary/aromatic N) is 1. The van der Waals surface area contributed by atoms with Crippen molar-refractivity contribution in [1.29, 1.82) is 0 Å². The Morgan fingerprint density at radius 3 is 2.56 bits per heavy atom. The standard InChI is InChI=1S/C22H21NO.ClH/c1-2-6-16(7-3-1)12-23-13-18-15-24-21-11-10-17-8-4-5-9-19(17)22(21)20(18)14-23;/h1-11,18,20H,12-15H2;1H/t18-,20+;/m0./s1. The zero-order valence-corrected chi connectivity index (χ0v) is 14.9. The molecule has 2 nitrogen and oxygen atoms in total. The third-order valence-corrected chi connectivity index (χ3v) is 5.52. The number of hydrogen-bond donors (Lipinski definition) is 0. The summed E-state index contributed by atoms with van der Waals surface area (Å²) < 4.78 is 6.12. The van der Waals surface area contributed by atoms with Gasteiger partial charge in [-0.3, -0.25) is 4.90 Å². The monoisotopic (exact) mass is 351 g/mol. The van der Waals surface area contributed by atoms with Crippen LogP contribution in [0, 0.1) is 5.92 Å². The summed E-state index contributed by atoms with van der Waals surface area (Å²) in [4.78, 5) is 2.59. The lowest BCUT2D eigenvalue weighted by atomic mass is 9.84. The van der Waals surface area contributed by atoms with Gasteiger partial charge in [-0.2, -0.15) is 0 Å². The highest BCUT2D eigenvalue weighted by Gasteiger charge is 2.39. The summed E-state index contributed by atoms with van der Waals surface area (Å²) in [5.74, 6) is 2.28. The predicted molar refractivity (Wildman–Crippen MR) is 105 cm³/mol. The minimum Gasteiger partial charge on any atom is -0.493 e. The van der Waals surface area contributed by atoms with Crippen LogP contribution in [0.1, 0.15) is 17.0 Å². The summed E-state index contributed by atoms with van der Waals surface area (Å²) in [5, 5.41) is 2.69. The van der Waals surface area contributed by atoms with Crippen LogP contribution in [0.3, 0.4) is 0 Å². The normalized spacial score (nSPS) is 21.9. The molecular weight excluding hydrogens is 330 g/mol. The van der Waals surface area contributed by atoms with E-state index in [-0.39, 0.29) is 12.4 Å². The van der Waals surface area contributed by atoms with Crippen molar-refractivity contribution in [2.45, 2.75) is 12.5 Å². The van der Waals surface area contributed by atoms with Gasteiger partial charge < -0.3 is 4.74 Å². The van der Waals surface area contributed by atoms with Gasteiger partial charge in [-0.25, -0.2) is 0 Å². The molecule has 5 rings (SSSR count). The molecule has 128 valence electrons. The van der Waals surface area contributed by atoms with E-state index in [1.807, 2.05) is 0 Å². The molecule has 0 amide bonds. The Bertz CT molecular complexity index is 880. The first-order valence-corrected chi connectivity index (χ1v) is 8.79. The lowest BCUT2D eigenvalue weighted by molar-refractivity contribution is 0.213. The molecule has 0 unspecified atom stereocenters. The third kappa shape index (κ3) is 2.90. The highest BCUT2D eigenvalue weighted by atomic mass is 35.5. The molecule has 1 saturated heterocycles. The summed E-state index contributed by atoms with van der Waals surface area (Å²) in [6.07, 6.45) is 0. The number of ether oxygens (including phenoxy) is 1. The molecule has 2 atom stereocenters. The number of fused-ring (bicyclic) bond motifs is 5. The zero-order chi connectivity index (χ0) is 15.9. The van der Waals surface area contributed by atoms with Crippen molar-refractivity contribution in [3.63, 3.8) is 0 Å². The van der Waals surface area contributed by atoms with Crippen LogP contribution < -0.4 is 4.74 Å². The van der Waals surface area contributed by atoms with Crippen molar-refractivity contribution in [3.05, 3.63) is 77.9 Å². The number of rotatable bonds is 2. The van der Waals surface area contributed by atoms with Crippen LogP contribution in [-0.2, 0) is 6.54 Å². The maximum absolute atomic E-state index is 6.12. The Morgan fingerprint density at radius 2 is 1.68 bits per heavy atom. The maximum Gasteiger partial charge on any atom is 0.123 e. The maximum atomic E-state index is 6.12. The Kier molecular flexibility index (Phi) is 4.41. The molecule has 3 heteroatoms. The van der Waals surface area contributed by atoms with Crippen molar-refractivity contribution < 1.29 is 4.74 Å². The molecule has 3 aromatic rings. The highest BCUT2D eigenvalue weighted by Crippen LogP contribution is 2.45. The Morgan fingerprint density at radius 1 is 0.880 bits per heavy atom. The van der Waals surface area contributed by atoms with Gasteiger partial charge in [0.2, 0.25) is 0 Å². The molecule has 1 fully saturated rings. The van der Waals surface area contributed by atoms with Crippen molar-refractivity contribution in [2.75, 3.05) is 19.7 Å². The van der Waals surface area contributed by atoms with Crippen LogP contribution in [0.15, 0.2) is 66.7 Å². The van der Waals surface area contributed by atoms with Crippen LogP contribution in [-0.4, -0.2) is 24.6 Å². The molecule has 2 aliphatic rings. The molecule has 0 radical (unpaired) electrons. The second kappa shape index (κ2) is 6.70. The second-order valence-corrected chi connectivity index (χ2v) is 7.06. The van der Waals surface area contributed by atoms with Crippen molar-refractivity contribution in [3.8, 4) is 5.75 Å². The van der Waals surface area contributed by atoms with Gasteiger partial charge in [0.25, 0.3) is 0 Å². The highest BCUT2D eigenvalue weighted by molar-refractivity contribution is 5.88. The van der Waals surface area contributed by atoms with E-state index in [2.05, 4.69) is 71.6 Å². The molecule has 2 heterocycles. The van der Waals surface area contributed by atoms with Crippen LogP contribution in [0.5, 0.6) is 5.75 Å². The van der Waals surface area contributed by atoms with E-state index in [0.717, 1.165) is 32.0 Å². The van der Waals surface area contributed by atoms with Gasteiger partial charge in [-0.1, -0.05) is 60.7 Å². The Hall–Kier alpha value is -2.03. The van der Waals surface area contributed by atoms with Crippen LogP contribution in [0.2, 0.25) is 0 Å². The average molecular weight is 352 g/mol. The van der Waals surface area contributed by atoms with Crippen LogP contribution in [0.4, 0.5) is 0 Å². The number of hydrogen-bond acceptors (Lipinski definition) is 2. The first-order valence-electron chi connectivity index (χ1n) is 8.79. The Labute approximate surface area is 154 Å². The van der Waals surface area contributed by atoms with Gasteiger partial charge >= 0.3 is 0 Å². The fourth-order valence-corrected chi connectivity index (χ4v) is 4.41. The number of halogens is 1. The molecule has 3 aromatic carbocycles. The Balaban J connectivity index is 0.00000157. The van der Waals surface area contributed by atoms with E-state index in [0.29, 0.717) is 11.8 Å². The SMILES string of the molecule is Cl.c1ccc(CN2C[C@H]3COc4ccc5ccccc5c4[C@@H]3C2)cc1. The van der Waals surface area contributed by atoms with Gasteiger partial charge in [0.15, 0.2) is 0 Å². The molecule has 0 N–H and O–H groups in total. The summed E-state index contributed by atoms with van der Waals surface area (Å²) in [5.41, 5.74) is 2.83. The van der Waals surface area contributed by atoms with Gasteiger partial charge in [-0.05, 0) is 22.4 Å². The minimum absolute atomic E-state index is 0. The van der Waals surface area contributed by atoms with Gasteiger partial charge in [0.05, 0.1) is 6.61 Å². The van der Waals surface area contributed by atoms with Crippen LogP contribution in [0.25, 0.3) is 10.8 Å². The molecule has 2 aliphatic heterocycles. The van der Waals surface area contributed by atoms with Crippen molar-refractivity contribution in [1.82, 2.24) is 4.90 Å². The van der Waals surface area contributed by atoms with E-state index < -0.39 is 0 Å². The summed E-state index contributed by atoms with van der Waals surface area (Å²) >= 11 is 0. The lowest BCUT2D eigenvalue weighted by Crippen LogP contribution is -2.25. The predicted octanol–water partition coefficient (Wildman–Crippen LogP) is 4.87. The summed E-state index contributed by atoms with van der Waals surface area (Å²) in [6, 6.07) is 23.9. The molecule has 0 spiro atoms. The second-order valence-electron chi connectivity index (χ2n) is 7.06. The summed E-state index contributed by atoms with van der Waals surface area (Å²) in [6.45, 7) is 4.14. The van der Waals surface area contributed by atoms with Gasteiger partial charge in [-0.15, -0.1) is 12.4 Å². The molecule has 0 aromatic heterocycles. The lowest BCUT2D eigenvalue weighted by Gasteiger charge is -2.29. The largest absolute Gasteiger partial charge is 0.493 e. The van der Waals surface area contributed by atoms with Crippen molar-refractivity contribution >= 4 is 23.2 Å². The van der Waals surface area contributed by atoms with E-state index in [1.54, 1.807) is 0 Å². The first-order chi connectivity index (χ1) is 11.9. The van der Waals surface area contributed by atoms with E-state index in [1.165, 1.54) is 21.9 Å². The zero-order valence-electron chi connectivity index (χ0n) is 14.1. The first kappa shape index (κ1) is 16.4. The average Bonchev–Trinajstić information content (AvgIpc) is 3.04. The van der Waals surface area contributed by atoms with E-state index in [4.69, 9.17) is 4.74 Å². The topological polar surface area (TPSA) is 12.5 Å². The van der Waals surface area contributed by atoms with Crippen LogP contribution >= 0.6 is 12.4 Å². The summed E-state index contributed by atoms with van der Waals surface area (Å²) in [7, 11) is 0. The molecular formula is C22H22ClNO. The fraction of sp³-hybridized carbons (Fsp3) is 0.273. The molecule has 25 heavy (non-hydrogen) atoms. The molecule has 0 bridgehead atoms. The fourth-order valence-electron chi connectivity index (χ4n) is 4.41. The van der Waals surface area contributed by atoms with Gasteiger partial charge in [0, 0.05) is 37.0 Å². The third-order valence-electron chi connectivity index (χ3n) is 5.52. The molecule has 0 saturated carbocycles. The van der Waals surface area contributed by atoms with Gasteiger partial charge in [0.1, 0.15) is 5.75 Å². The quantitative estimate of drug-likeness (QED) is 0.653. The minimum atomic E-state index is 0. The smallest absolute Gasteiger partial charge is 0.123 e. The number of benzene rings is 3. The van der Waals surface area contributed by atoms with E-state index in [9.17, 15) is 0 Å². The van der Waals surface area contributed by atoms with Crippen molar-refractivity contribution in [2.24, 2.45) is 5.92 Å².